The second-order valence-corrected chi connectivity index (χ2v) is 4.43. The van der Waals surface area contributed by atoms with Crippen molar-refractivity contribution < 1.29 is 14.3 Å². The predicted octanol–water partition coefficient (Wildman–Crippen LogP) is 1.66. The molecule has 0 saturated carbocycles. The number of ether oxygens (including phenoxy) is 2. The van der Waals surface area contributed by atoms with Gasteiger partial charge >= 0.3 is 0 Å². The summed E-state index contributed by atoms with van der Waals surface area (Å²) in [5.74, 6) is 1.63. The van der Waals surface area contributed by atoms with Crippen LogP contribution in [0.3, 0.4) is 0 Å². The normalized spacial score (nSPS) is 10.4. The molecule has 1 aromatic carbocycles. The molecule has 0 heterocycles. The molecule has 0 spiro atoms. The SMILES string of the molecule is CCNC(=O)CN(CC)Cc1cc(OC)ccc1OC. The van der Waals surface area contributed by atoms with Gasteiger partial charge < -0.3 is 14.8 Å². The molecule has 5 nitrogen and oxygen atoms in total. The molecule has 0 fully saturated rings. The summed E-state index contributed by atoms with van der Waals surface area (Å²) in [5.41, 5.74) is 1.01. The van der Waals surface area contributed by atoms with Gasteiger partial charge in [0.25, 0.3) is 0 Å². The van der Waals surface area contributed by atoms with Gasteiger partial charge in [0.15, 0.2) is 0 Å². The Morgan fingerprint density at radius 2 is 2.00 bits per heavy atom. The smallest absolute Gasteiger partial charge is 0.234 e. The zero-order valence-electron chi connectivity index (χ0n) is 12.7. The van der Waals surface area contributed by atoms with Gasteiger partial charge in [0.1, 0.15) is 11.5 Å². The number of hydrogen-bond donors (Lipinski definition) is 1. The molecule has 0 saturated heterocycles. The van der Waals surface area contributed by atoms with Gasteiger partial charge in [-0.1, -0.05) is 6.92 Å². The molecular weight excluding hydrogens is 256 g/mol. The number of methoxy groups -OCH3 is 2. The van der Waals surface area contributed by atoms with E-state index in [0.717, 1.165) is 23.6 Å². The van der Waals surface area contributed by atoms with E-state index in [2.05, 4.69) is 10.2 Å². The van der Waals surface area contributed by atoms with E-state index < -0.39 is 0 Å². The zero-order valence-corrected chi connectivity index (χ0v) is 12.7. The highest BCUT2D eigenvalue weighted by atomic mass is 16.5. The highest BCUT2D eigenvalue weighted by Crippen LogP contribution is 2.25. The van der Waals surface area contributed by atoms with E-state index in [4.69, 9.17) is 9.47 Å². The van der Waals surface area contributed by atoms with Gasteiger partial charge in [0.2, 0.25) is 5.91 Å². The zero-order chi connectivity index (χ0) is 15.0. The highest BCUT2D eigenvalue weighted by Gasteiger charge is 2.12. The fraction of sp³-hybridized carbons (Fsp3) is 0.533. The first-order valence-corrected chi connectivity index (χ1v) is 6.84. The van der Waals surface area contributed by atoms with E-state index in [9.17, 15) is 4.79 Å². The van der Waals surface area contributed by atoms with Crippen molar-refractivity contribution in [3.05, 3.63) is 23.8 Å². The van der Waals surface area contributed by atoms with Gasteiger partial charge in [-0.3, -0.25) is 9.69 Å². The third-order valence-corrected chi connectivity index (χ3v) is 3.07. The molecular formula is C15H24N2O3. The molecule has 1 N–H and O–H groups in total. The van der Waals surface area contributed by atoms with Crippen LogP contribution in [-0.4, -0.2) is 44.7 Å². The summed E-state index contributed by atoms with van der Waals surface area (Å²) >= 11 is 0. The molecule has 112 valence electrons. The van der Waals surface area contributed by atoms with Gasteiger partial charge in [0.05, 0.1) is 20.8 Å². The lowest BCUT2D eigenvalue weighted by Crippen LogP contribution is -2.36. The van der Waals surface area contributed by atoms with E-state index in [1.54, 1.807) is 14.2 Å². The topological polar surface area (TPSA) is 50.8 Å². The van der Waals surface area contributed by atoms with Crippen LogP contribution < -0.4 is 14.8 Å². The summed E-state index contributed by atoms with van der Waals surface area (Å²) < 4.78 is 10.6. The number of hydrogen-bond acceptors (Lipinski definition) is 4. The number of nitrogens with one attached hydrogen (secondary N) is 1. The molecule has 0 bridgehead atoms. The van der Waals surface area contributed by atoms with Crippen LogP contribution >= 0.6 is 0 Å². The Bertz CT molecular complexity index is 435. The van der Waals surface area contributed by atoms with Crippen LogP contribution in [0.4, 0.5) is 0 Å². The van der Waals surface area contributed by atoms with Crippen LogP contribution in [0.15, 0.2) is 18.2 Å². The van der Waals surface area contributed by atoms with Crippen molar-refractivity contribution in [2.45, 2.75) is 20.4 Å². The molecule has 0 radical (unpaired) electrons. The van der Waals surface area contributed by atoms with Crippen molar-refractivity contribution in [1.29, 1.82) is 0 Å². The number of amides is 1. The van der Waals surface area contributed by atoms with Crippen molar-refractivity contribution >= 4 is 5.91 Å². The summed E-state index contributed by atoms with van der Waals surface area (Å²) in [5, 5.41) is 2.81. The Morgan fingerprint density at radius 1 is 1.25 bits per heavy atom. The molecule has 0 aliphatic heterocycles. The molecule has 1 aromatic rings. The van der Waals surface area contributed by atoms with Crippen molar-refractivity contribution in [3.63, 3.8) is 0 Å². The maximum atomic E-state index is 11.7. The second kappa shape index (κ2) is 8.43. The Kier molecular flexibility index (Phi) is 6.87. The van der Waals surface area contributed by atoms with E-state index >= 15 is 0 Å². The fourth-order valence-electron chi connectivity index (χ4n) is 1.98. The van der Waals surface area contributed by atoms with Gasteiger partial charge in [-0.25, -0.2) is 0 Å². The largest absolute Gasteiger partial charge is 0.497 e. The third kappa shape index (κ3) is 4.74. The summed E-state index contributed by atoms with van der Waals surface area (Å²) in [6, 6.07) is 5.69. The minimum absolute atomic E-state index is 0.0382. The van der Waals surface area contributed by atoms with Gasteiger partial charge in [-0.2, -0.15) is 0 Å². The van der Waals surface area contributed by atoms with E-state index in [1.807, 2.05) is 32.0 Å². The van der Waals surface area contributed by atoms with Crippen molar-refractivity contribution in [1.82, 2.24) is 10.2 Å². The van der Waals surface area contributed by atoms with E-state index in [0.29, 0.717) is 19.6 Å². The summed E-state index contributed by atoms with van der Waals surface area (Å²) in [7, 11) is 3.28. The van der Waals surface area contributed by atoms with Gasteiger partial charge in [-0.15, -0.1) is 0 Å². The number of carbonyl (C=O) groups excluding carboxylic acids is 1. The number of likely N-dealkylation sites (N-methyl/N-ethyl adjacent to an activating group) is 2. The molecule has 0 aliphatic carbocycles. The fourth-order valence-corrected chi connectivity index (χ4v) is 1.98. The minimum atomic E-state index is 0.0382. The number of benzene rings is 1. The van der Waals surface area contributed by atoms with Crippen molar-refractivity contribution in [3.8, 4) is 11.5 Å². The average molecular weight is 280 g/mol. The maximum absolute atomic E-state index is 11.7. The van der Waals surface area contributed by atoms with Crippen molar-refractivity contribution in [2.24, 2.45) is 0 Å². The summed E-state index contributed by atoms with van der Waals surface area (Å²) in [4.78, 5) is 13.7. The molecule has 20 heavy (non-hydrogen) atoms. The van der Waals surface area contributed by atoms with Crippen LogP contribution in [0.2, 0.25) is 0 Å². The van der Waals surface area contributed by atoms with Crippen LogP contribution in [-0.2, 0) is 11.3 Å². The Labute approximate surface area is 120 Å². The second-order valence-electron chi connectivity index (χ2n) is 4.43. The van der Waals surface area contributed by atoms with Crippen LogP contribution in [0, 0.1) is 0 Å². The minimum Gasteiger partial charge on any atom is -0.497 e. The predicted molar refractivity (Wildman–Crippen MR) is 79.2 cm³/mol. The number of carbonyl (C=O) groups is 1. The number of rotatable bonds is 8. The molecule has 5 heteroatoms. The first-order chi connectivity index (χ1) is 9.64. The molecule has 0 aliphatic rings. The van der Waals surface area contributed by atoms with E-state index in [-0.39, 0.29) is 5.91 Å². The van der Waals surface area contributed by atoms with Crippen LogP contribution in [0.25, 0.3) is 0 Å². The monoisotopic (exact) mass is 280 g/mol. The lowest BCUT2D eigenvalue weighted by Gasteiger charge is -2.21. The summed E-state index contributed by atoms with van der Waals surface area (Å²) in [6.07, 6.45) is 0. The number of nitrogens with zero attached hydrogens (tertiary/aromatic N) is 1. The lowest BCUT2D eigenvalue weighted by atomic mass is 10.1. The Morgan fingerprint density at radius 3 is 2.55 bits per heavy atom. The molecule has 0 atom stereocenters. The first-order valence-electron chi connectivity index (χ1n) is 6.84. The van der Waals surface area contributed by atoms with Gasteiger partial charge in [-0.05, 0) is 31.7 Å². The van der Waals surface area contributed by atoms with Gasteiger partial charge in [0, 0.05) is 18.7 Å². The summed E-state index contributed by atoms with van der Waals surface area (Å²) in [6.45, 7) is 6.42. The highest BCUT2D eigenvalue weighted by molar-refractivity contribution is 5.77. The average Bonchev–Trinajstić information content (AvgIpc) is 2.46. The van der Waals surface area contributed by atoms with Crippen molar-refractivity contribution in [2.75, 3.05) is 33.9 Å². The maximum Gasteiger partial charge on any atom is 0.234 e. The quantitative estimate of drug-likeness (QED) is 0.787. The first kappa shape index (κ1) is 16.3. The van der Waals surface area contributed by atoms with E-state index in [1.165, 1.54) is 0 Å². The van der Waals surface area contributed by atoms with Crippen LogP contribution in [0.1, 0.15) is 19.4 Å². The third-order valence-electron chi connectivity index (χ3n) is 3.07. The lowest BCUT2D eigenvalue weighted by molar-refractivity contribution is -0.122. The Balaban J connectivity index is 2.80. The molecule has 1 rings (SSSR count). The Hall–Kier alpha value is -1.75. The standard InChI is InChI=1S/C15H24N2O3/c1-5-16-15(18)11-17(6-2)10-12-9-13(19-3)7-8-14(12)20-4/h7-9H,5-6,10-11H2,1-4H3,(H,16,18). The molecule has 0 unspecified atom stereocenters. The molecule has 1 amide bonds. The van der Waals surface area contributed by atoms with Crippen LogP contribution in [0.5, 0.6) is 11.5 Å². The molecule has 0 aromatic heterocycles.